The monoisotopic (exact) mass is 377 g/mol. The van der Waals surface area contributed by atoms with Crippen LogP contribution in [0.1, 0.15) is 28.7 Å². The molecule has 8 heteroatoms. The Labute approximate surface area is 160 Å². The molecule has 3 heterocycles. The lowest BCUT2D eigenvalue weighted by atomic mass is 9.91. The first-order chi connectivity index (χ1) is 13.1. The number of aromatic nitrogens is 5. The van der Waals surface area contributed by atoms with Crippen LogP contribution >= 0.6 is 11.6 Å². The van der Waals surface area contributed by atoms with E-state index < -0.39 is 0 Å². The molecule has 0 spiro atoms. The number of pyridine rings is 1. The van der Waals surface area contributed by atoms with Crippen LogP contribution in [0.3, 0.4) is 0 Å². The third-order valence-corrected chi connectivity index (χ3v) is 5.47. The molecule has 2 unspecified atom stereocenters. The lowest BCUT2D eigenvalue weighted by molar-refractivity contribution is 0.438. The molecule has 3 aromatic heterocycles. The van der Waals surface area contributed by atoms with Gasteiger partial charge in [-0.1, -0.05) is 35.9 Å². The second-order valence-electron chi connectivity index (χ2n) is 6.70. The Balaban J connectivity index is 1.68. The van der Waals surface area contributed by atoms with E-state index in [0.29, 0.717) is 22.3 Å². The van der Waals surface area contributed by atoms with Gasteiger partial charge in [0.2, 0.25) is 0 Å². The minimum absolute atomic E-state index is 0.0526. The van der Waals surface area contributed by atoms with E-state index in [4.69, 9.17) is 23.1 Å². The molecule has 5 rings (SSSR count). The van der Waals surface area contributed by atoms with E-state index in [9.17, 15) is 0 Å². The van der Waals surface area contributed by atoms with E-state index >= 15 is 0 Å². The van der Waals surface area contributed by atoms with Gasteiger partial charge in [-0.15, -0.1) is 0 Å². The normalized spacial score (nSPS) is 18.7. The second kappa shape index (κ2) is 5.92. The summed E-state index contributed by atoms with van der Waals surface area (Å²) < 4.78 is 1.94. The summed E-state index contributed by atoms with van der Waals surface area (Å²) >= 11 is 6.03. The van der Waals surface area contributed by atoms with Gasteiger partial charge in [0.25, 0.3) is 0 Å². The molecule has 4 aromatic rings. The van der Waals surface area contributed by atoms with E-state index in [1.54, 1.807) is 6.20 Å². The van der Waals surface area contributed by atoms with Crippen molar-refractivity contribution in [2.45, 2.75) is 18.4 Å². The van der Waals surface area contributed by atoms with Gasteiger partial charge in [-0.3, -0.25) is 4.68 Å². The van der Waals surface area contributed by atoms with Gasteiger partial charge in [-0.05, 0) is 29.2 Å². The number of hydrogen-bond donors (Lipinski definition) is 2. The van der Waals surface area contributed by atoms with Crippen LogP contribution in [0, 0.1) is 0 Å². The zero-order valence-corrected chi connectivity index (χ0v) is 15.0. The van der Waals surface area contributed by atoms with Gasteiger partial charge in [0.05, 0.1) is 17.1 Å². The van der Waals surface area contributed by atoms with Gasteiger partial charge in [-0.25, -0.2) is 15.0 Å². The van der Waals surface area contributed by atoms with Gasteiger partial charge in [-0.2, -0.15) is 5.10 Å². The summed E-state index contributed by atoms with van der Waals surface area (Å²) in [4.78, 5) is 12.5. The summed E-state index contributed by atoms with van der Waals surface area (Å²) in [7, 11) is 0. The number of nitrogens with two attached hydrogens (primary N) is 2. The minimum atomic E-state index is 0.0526. The summed E-state index contributed by atoms with van der Waals surface area (Å²) in [5.41, 5.74) is 16.6. The van der Waals surface area contributed by atoms with Crippen molar-refractivity contribution in [3.05, 3.63) is 70.9 Å². The first-order valence-corrected chi connectivity index (χ1v) is 8.93. The number of fused-ring (bicyclic) bond motifs is 2. The molecule has 2 atom stereocenters. The number of nitrogens with zero attached hydrogens (tertiary/aromatic N) is 5. The van der Waals surface area contributed by atoms with E-state index in [1.807, 2.05) is 23.0 Å². The average molecular weight is 378 g/mol. The Morgan fingerprint density at radius 2 is 1.96 bits per heavy atom. The Hall–Kier alpha value is -3.19. The third kappa shape index (κ3) is 2.50. The molecule has 1 aromatic carbocycles. The van der Waals surface area contributed by atoms with Crippen LogP contribution in [0.25, 0.3) is 11.0 Å². The molecule has 7 nitrogen and oxygen atoms in total. The number of hydrogen-bond acceptors (Lipinski definition) is 6. The van der Waals surface area contributed by atoms with Crippen LogP contribution in [0.15, 0.2) is 49.1 Å². The molecule has 0 amide bonds. The maximum atomic E-state index is 6.03. The zero-order chi connectivity index (χ0) is 18.5. The van der Waals surface area contributed by atoms with Crippen LogP contribution in [-0.2, 0) is 6.42 Å². The lowest BCUT2D eigenvalue weighted by Gasteiger charge is -2.21. The van der Waals surface area contributed by atoms with Gasteiger partial charge >= 0.3 is 0 Å². The largest absolute Gasteiger partial charge is 0.396 e. The number of nitrogen functional groups attached to an aromatic ring is 2. The van der Waals surface area contributed by atoms with Crippen LogP contribution < -0.4 is 11.5 Å². The molecule has 0 saturated carbocycles. The second-order valence-corrected chi connectivity index (χ2v) is 7.06. The van der Waals surface area contributed by atoms with Crippen molar-refractivity contribution >= 4 is 34.1 Å². The number of benzene rings is 1. The van der Waals surface area contributed by atoms with E-state index in [-0.39, 0.29) is 12.0 Å². The number of halogens is 1. The quantitative estimate of drug-likeness (QED) is 0.520. The fraction of sp³-hybridized carbons (Fsp3) is 0.158. The zero-order valence-electron chi connectivity index (χ0n) is 14.2. The molecular weight excluding hydrogens is 362 g/mol. The summed E-state index contributed by atoms with van der Waals surface area (Å²) in [6.45, 7) is 0. The van der Waals surface area contributed by atoms with Crippen molar-refractivity contribution in [1.82, 2.24) is 24.7 Å². The van der Waals surface area contributed by atoms with Gasteiger partial charge < -0.3 is 11.5 Å². The third-order valence-electron chi connectivity index (χ3n) is 5.16. The van der Waals surface area contributed by atoms with Crippen molar-refractivity contribution in [2.24, 2.45) is 0 Å². The van der Waals surface area contributed by atoms with Crippen molar-refractivity contribution in [2.75, 3.05) is 11.5 Å². The summed E-state index contributed by atoms with van der Waals surface area (Å²) in [5, 5.41) is 5.73. The Morgan fingerprint density at radius 3 is 2.78 bits per heavy atom. The summed E-state index contributed by atoms with van der Waals surface area (Å²) in [6.07, 6.45) is 5.97. The molecule has 1 aliphatic rings. The van der Waals surface area contributed by atoms with Gasteiger partial charge in [0.1, 0.15) is 12.1 Å². The lowest BCUT2D eigenvalue weighted by Crippen LogP contribution is -2.16. The van der Waals surface area contributed by atoms with Crippen LogP contribution in [0.4, 0.5) is 11.5 Å². The molecule has 0 radical (unpaired) electrons. The molecule has 0 aliphatic heterocycles. The fourth-order valence-corrected chi connectivity index (χ4v) is 4.02. The molecule has 0 fully saturated rings. The maximum Gasteiger partial charge on any atom is 0.186 e. The highest BCUT2D eigenvalue weighted by Gasteiger charge is 2.36. The highest BCUT2D eigenvalue weighted by molar-refractivity contribution is 6.31. The average Bonchev–Trinajstić information content (AvgIpc) is 3.26. The van der Waals surface area contributed by atoms with Gasteiger partial charge in [0.15, 0.2) is 10.8 Å². The Morgan fingerprint density at radius 1 is 1.11 bits per heavy atom. The van der Waals surface area contributed by atoms with E-state index in [2.05, 4.69) is 38.2 Å². The molecule has 134 valence electrons. The standard InChI is InChI=1S/C19H16ClN7/c20-17-14(21)5-11(7-23-17)16-12-4-2-1-3-10(12)6-15(16)27-8-13-18(22)24-9-25-19(13)26-27/h1-5,7-9,15-16H,6,21H2,(H2,22,24,25,26). The van der Waals surface area contributed by atoms with Crippen molar-refractivity contribution < 1.29 is 0 Å². The SMILES string of the molecule is Nc1cc(C2c3ccccc3CC2n2cc3c(N)ncnc3n2)cnc1Cl. The van der Waals surface area contributed by atoms with E-state index in [0.717, 1.165) is 17.4 Å². The summed E-state index contributed by atoms with van der Waals surface area (Å²) in [5.74, 6) is 0.479. The fourth-order valence-electron chi connectivity index (χ4n) is 3.92. The van der Waals surface area contributed by atoms with Crippen LogP contribution in [0.5, 0.6) is 0 Å². The predicted molar refractivity (Wildman–Crippen MR) is 104 cm³/mol. The van der Waals surface area contributed by atoms with Gasteiger partial charge in [0, 0.05) is 18.3 Å². The predicted octanol–water partition coefficient (Wildman–Crippen LogP) is 2.97. The topological polar surface area (TPSA) is 109 Å². The maximum absolute atomic E-state index is 6.03. The van der Waals surface area contributed by atoms with Crippen molar-refractivity contribution in [3.8, 4) is 0 Å². The number of anilines is 2. The summed E-state index contributed by atoms with van der Waals surface area (Å²) in [6, 6.07) is 10.3. The molecular formula is C19H16ClN7. The van der Waals surface area contributed by atoms with Crippen molar-refractivity contribution in [1.29, 1.82) is 0 Å². The Kier molecular flexibility index (Phi) is 3.51. The van der Waals surface area contributed by atoms with Crippen LogP contribution in [-0.4, -0.2) is 24.7 Å². The number of rotatable bonds is 2. The molecule has 4 N–H and O–H groups in total. The minimum Gasteiger partial charge on any atom is -0.396 e. The van der Waals surface area contributed by atoms with Crippen LogP contribution in [0.2, 0.25) is 5.15 Å². The molecule has 27 heavy (non-hydrogen) atoms. The van der Waals surface area contributed by atoms with Crippen molar-refractivity contribution in [3.63, 3.8) is 0 Å². The highest BCUT2D eigenvalue weighted by atomic mass is 35.5. The Bertz CT molecular complexity index is 1170. The molecule has 1 aliphatic carbocycles. The molecule has 0 bridgehead atoms. The first kappa shape index (κ1) is 16.0. The smallest absolute Gasteiger partial charge is 0.186 e. The van der Waals surface area contributed by atoms with E-state index in [1.165, 1.54) is 17.5 Å². The first-order valence-electron chi connectivity index (χ1n) is 8.56. The highest BCUT2D eigenvalue weighted by Crippen LogP contribution is 2.45. The molecule has 0 saturated heterocycles.